The summed E-state index contributed by atoms with van der Waals surface area (Å²) in [5, 5.41) is 0. The molecule has 0 aliphatic carbocycles. The van der Waals surface area contributed by atoms with Crippen molar-refractivity contribution in [2.45, 2.75) is 30.1 Å². The molecule has 2 aliphatic heterocycles. The highest BCUT2D eigenvalue weighted by atomic mass is 32.2. The third-order valence-electron chi connectivity index (χ3n) is 5.61. The van der Waals surface area contributed by atoms with Gasteiger partial charge in [0.15, 0.2) is 0 Å². The molecule has 154 valence electrons. The summed E-state index contributed by atoms with van der Waals surface area (Å²) in [6.45, 7) is 2.23. The molecule has 0 unspecified atom stereocenters. The number of sulfonamides is 1. The summed E-state index contributed by atoms with van der Waals surface area (Å²) in [5.74, 6) is 0.189. The fourth-order valence-corrected chi connectivity index (χ4v) is 5.88. The molecule has 30 heavy (non-hydrogen) atoms. The Labute approximate surface area is 176 Å². The second-order valence-electron chi connectivity index (χ2n) is 7.62. The monoisotopic (exact) mass is 422 g/mol. The van der Waals surface area contributed by atoms with E-state index in [0.717, 1.165) is 11.1 Å². The molecule has 1 aromatic carbocycles. The Morgan fingerprint density at radius 1 is 0.900 bits per heavy atom. The van der Waals surface area contributed by atoms with E-state index in [1.54, 1.807) is 35.0 Å². The van der Waals surface area contributed by atoms with Gasteiger partial charge in [0.05, 0.1) is 6.04 Å². The SMILES string of the molecule is O=S1(=O)c2cccnc2O[C@@H]2CN(Cc3ccncc3)C[C@@H]2N1Cc1ccccc1. The van der Waals surface area contributed by atoms with E-state index in [-0.39, 0.29) is 22.9 Å². The van der Waals surface area contributed by atoms with E-state index < -0.39 is 10.0 Å². The van der Waals surface area contributed by atoms with Gasteiger partial charge in [-0.2, -0.15) is 4.31 Å². The van der Waals surface area contributed by atoms with E-state index in [1.165, 1.54) is 0 Å². The van der Waals surface area contributed by atoms with Crippen LogP contribution < -0.4 is 4.74 Å². The lowest BCUT2D eigenvalue weighted by Gasteiger charge is -2.28. The van der Waals surface area contributed by atoms with Crippen molar-refractivity contribution in [3.63, 3.8) is 0 Å². The lowest BCUT2D eigenvalue weighted by molar-refractivity contribution is 0.144. The summed E-state index contributed by atoms with van der Waals surface area (Å²) in [4.78, 5) is 10.7. The van der Waals surface area contributed by atoms with Crippen LogP contribution >= 0.6 is 0 Å². The third kappa shape index (κ3) is 3.58. The maximum Gasteiger partial charge on any atom is 0.249 e. The van der Waals surface area contributed by atoms with Crippen molar-refractivity contribution in [1.82, 2.24) is 19.2 Å². The number of nitrogens with zero attached hydrogens (tertiary/aromatic N) is 4. The van der Waals surface area contributed by atoms with Gasteiger partial charge in [-0.05, 0) is 35.4 Å². The number of hydrogen-bond donors (Lipinski definition) is 0. The predicted molar refractivity (Wildman–Crippen MR) is 111 cm³/mol. The Bertz CT molecular complexity index is 1130. The first-order chi connectivity index (χ1) is 14.6. The molecule has 2 aliphatic rings. The fourth-order valence-electron chi connectivity index (χ4n) is 4.18. The largest absolute Gasteiger partial charge is 0.470 e. The van der Waals surface area contributed by atoms with Crippen molar-refractivity contribution >= 4 is 10.0 Å². The third-order valence-corrected chi connectivity index (χ3v) is 7.49. The van der Waals surface area contributed by atoms with E-state index in [2.05, 4.69) is 14.9 Å². The number of ether oxygens (including phenoxy) is 1. The number of aromatic nitrogens is 2. The van der Waals surface area contributed by atoms with Crippen LogP contribution in [0.25, 0.3) is 0 Å². The minimum absolute atomic E-state index is 0.135. The van der Waals surface area contributed by atoms with Crippen molar-refractivity contribution in [1.29, 1.82) is 0 Å². The molecule has 1 saturated heterocycles. The fraction of sp³-hybridized carbons (Fsp3) is 0.273. The maximum absolute atomic E-state index is 13.6. The summed E-state index contributed by atoms with van der Waals surface area (Å²) >= 11 is 0. The zero-order chi connectivity index (χ0) is 20.6. The molecule has 0 radical (unpaired) electrons. The topological polar surface area (TPSA) is 75.6 Å². The summed E-state index contributed by atoms with van der Waals surface area (Å²) in [6, 6.07) is 16.5. The second-order valence-corrected chi connectivity index (χ2v) is 9.47. The van der Waals surface area contributed by atoms with Gasteiger partial charge in [0.1, 0.15) is 11.0 Å². The standard InChI is InChI=1S/C22H22N4O3S/c27-30(28)21-7-4-10-24-22(21)29-20-16-25(13-18-8-11-23-12-9-18)15-19(20)26(30)14-17-5-2-1-3-6-17/h1-12,19-20H,13-16H2/t19-,20+/m0/s1. The zero-order valence-corrected chi connectivity index (χ0v) is 17.1. The summed E-state index contributed by atoms with van der Waals surface area (Å²) in [6.07, 6.45) is 4.82. The lowest BCUT2D eigenvalue weighted by Crippen LogP contribution is -2.46. The average Bonchev–Trinajstić information content (AvgIpc) is 3.11. The van der Waals surface area contributed by atoms with Gasteiger partial charge < -0.3 is 4.74 Å². The van der Waals surface area contributed by atoms with Gasteiger partial charge >= 0.3 is 0 Å². The molecule has 1 fully saturated rings. The molecule has 0 saturated carbocycles. The molecule has 7 nitrogen and oxygen atoms in total. The van der Waals surface area contributed by atoms with Gasteiger partial charge in [-0.1, -0.05) is 30.3 Å². The van der Waals surface area contributed by atoms with E-state index in [4.69, 9.17) is 4.74 Å². The molecular formula is C22H22N4O3S. The first-order valence-electron chi connectivity index (χ1n) is 9.90. The molecule has 5 rings (SSSR count). The van der Waals surface area contributed by atoms with Gasteiger partial charge in [-0.3, -0.25) is 9.88 Å². The highest BCUT2D eigenvalue weighted by Gasteiger charge is 2.47. The molecule has 4 heterocycles. The molecular weight excluding hydrogens is 400 g/mol. The van der Waals surface area contributed by atoms with Crippen molar-refractivity contribution < 1.29 is 13.2 Å². The van der Waals surface area contributed by atoms with Crippen LogP contribution in [-0.2, 0) is 23.1 Å². The van der Waals surface area contributed by atoms with Crippen LogP contribution in [0, 0.1) is 0 Å². The van der Waals surface area contributed by atoms with Crippen LogP contribution in [0.3, 0.4) is 0 Å². The predicted octanol–water partition coefficient (Wildman–Crippen LogP) is 2.31. The molecule has 0 N–H and O–H groups in total. The van der Waals surface area contributed by atoms with Gasteiger partial charge in [0, 0.05) is 44.8 Å². The normalized spacial score (nSPS) is 23.2. The Hall–Kier alpha value is -2.81. The number of rotatable bonds is 4. The molecule has 3 aromatic rings. The van der Waals surface area contributed by atoms with Crippen molar-refractivity contribution in [2.75, 3.05) is 13.1 Å². The molecule has 0 spiro atoms. The minimum atomic E-state index is -3.76. The smallest absolute Gasteiger partial charge is 0.249 e. The highest BCUT2D eigenvalue weighted by molar-refractivity contribution is 7.89. The van der Waals surface area contributed by atoms with E-state index in [1.807, 2.05) is 42.5 Å². The van der Waals surface area contributed by atoms with E-state index in [0.29, 0.717) is 26.2 Å². The van der Waals surface area contributed by atoms with E-state index >= 15 is 0 Å². The molecule has 0 amide bonds. The summed E-state index contributed by atoms with van der Waals surface area (Å²) < 4.78 is 35.0. The van der Waals surface area contributed by atoms with Crippen LogP contribution in [0.2, 0.25) is 0 Å². The van der Waals surface area contributed by atoms with Crippen LogP contribution in [-0.4, -0.2) is 52.8 Å². The summed E-state index contributed by atoms with van der Waals surface area (Å²) in [5.41, 5.74) is 2.08. The van der Waals surface area contributed by atoms with Crippen LogP contribution in [0.1, 0.15) is 11.1 Å². The molecule has 0 bridgehead atoms. The van der Waals surface area contributed by atoms with Crippen molar-refractivity contribution in [3.8, 4) is 5.88 Å². The Morgan fingerprint density at radius 3 is 2.47 bits per heavy atom. The van der Waals surface area contributed by atoms with Crippen LogP contribution in [0.15, 0.2) is 78.1 Å². The molecule has 2 aromatic heterocycles. The Morgan fingerprint density at radius 2 is 1.67 bits per heavy atom. The zero-order valence-electron chi connectivity index (χ0n) is 16.3. The Kier molecular flexibility index (Phi) is 4.98. The molecule has 2 atom stereocenters. The van der Waals surface area contributed by atoms with Gasteiger partial charge in [-0.25, -0.2) is 13.4 Å². The number of pyridine rings is 2. The van der Waals surface area contributed by atoms with Crippen LogP contribution in [0.4, 0.5) is 0 Å². The number of likely N-dealkylation sites (tertiary alicyclic amines) is 1. The lowest BCUT2D eigenvalue weighted by atomic mass is 10.1. The van der Waals surface area contributed by atoms with Gasteiger partial charge in [-0.15, -0.1) is 0 Å². The Balaban J connectivity index is 1.51. The molecule has 8 heteroatoms. The first-order valence-corrected chi connectivity index (χ1v) is 11.3. The minimum Gasteiger partial charge on any atom is -0.470 e. The first kappa shape index (κ1) is 19.2. The van der Waals surface area contributed by atoms with E-state index in [9.17, 15) is 8.42 Å². The van der Waals surface area contributed by atoms with Gasteiger partial charge in [0.2, 0.25) is 15.9 Å². The van der Waals surface area contributed by atoms with Crippen LogP contribution in [0.5, 0.6) is 5.88 Å². The average molecular weight is 423 g/mol. The van der Waals surface area contributed by atoms with Crippen molar-refractivity contribution in [2.24, 2.45) is 0 Å². The number of fused-ring (bicyclic) bond motifs is 2. The van der Waals surface area contributed by atoms with Gasteiger partial charge in [0.25, 0.3) is 0 Å². The summed E-state index contributed by atoms with van der Waals surface area (Å²) in [7, 11) is -3.76. The maximum atomic E-state index is 13.6. The second kappa shape index (κ2) is 7.79. The van der Waals surface area contributed by atoms with Crippen molar-refractivity contribution in [3.05, 3.63) is 84.3 Å². The highest BCUT2D eigenvalue weighted by Crippen LogP contribution is 2.36. The number of benzene rings is 1. The quantitative estimate of drug-likeness (QED) is 0.642. The number of hydrogen-bond acceptors (Lipinski definition) is 6.